The molecule has 1 rings (SSSR count). The largest absolute Gasteiger partial charge is 0.497 e. The molecule has 0 saturated carbocycles. The third-order valence-electron chi connectivity index (χ3n) is 2.92. The second-order valence-electron chi connectivity index (χ2n) is 4.47. The third kappa shape index (κ3) is 4.37. The molecule has 1 aromatic carbocycles. The minimum Gasteiger partial charge on any atom is -0.497 e. The van der Waals surface area contributed by atoms with Crippen molar-refractivity contribution in [2.75, 3.05) is 7.11 Å². The molecule has 0 spiro atoms. The van der Waals surface area contributed by atoms with Crippen LogP contribution in [0, 0.1) is 0 Å². The van der Waals surface area contributed by atoms with Gasteiger partial charge in [0.05, 0.1) is 7.11 Å². The maximum atomic E-state index is 10.9. The summed E-state index contributed by atoms with van der Waals surface area (Å²) in [6.07, 6.45) is 1.31. The van der Waals surface area contributed by atoms with E-state index >= 15 is 0 Å². The van der Waals surface area contributed by atoms with E-state index in [2.05, 4.69) is 12.2 Å². The van der Waals surface area contributed by atoms with Crippen LogP contribution in [0.5, 0.6) is 5.75 Å². The SMILES string of the molecule is CCC(NC(C)CC(N)=O)c1ccc(OC)cc1. The summed E-state index contributed by atoms with van der Waals surface area (Å²) in [5.74, 6) is 0.568. The molecule has 18 heavy (non-hydrogen) atoms. The Kier molecular flexibility index (Phi) is 5.65. The van der Waals surface area contributed by atoms with Crippen LogP contribution in [0.1, 0.15) is 38.3 Å². The van der Waals surface area contributed by atoms with Crippen molar-refractivity contribution >= 4 is 5.91 Å². The fourth-order valence-corrected chi connectivity index (χ4v) is 1.99. The van der Waals surface area contributed by atoms with E-state index in [-0.39, 0.29) is 18.0 Å². The van der Waals surface area contributed by atoms with E-state index in [9.17, 15) is 4.79 Å². The van der Waals surface area contributed by atoms with Crippen molar-refractivity contribution in [2.24, 2.45) is 5.73 Å². The van der Waals surface area contributed by atoms with Crippen LogP contribution in [0.25, 0.3) is 0 Å². The molecule has 100 valence electrons. The van der Waals surface area contributed by atoms with Gasteiger partial charge in [0, 0.05) is 18.5 Å². The highest BCUT2D eigenvalue weighted by molar-refractivity contribution is 5.74. The Bertz CT molecular complexity index is 376. The van der Waals surface area contributed by atoms with E-state index in [0.717, 1.165) is 12.2 Å². The molecule has 1 aromatic rings. The highest BCUT2D eigenvalue weighted by Gasteiger charge is 2.13. The lowest BCUT2D eigenvalue weighted by atomic mass is 10.0. The van der Waals surface area contributed by atoms with Crippen molar-refractivity contribution in [3.63, 3.8) is 0 Å². The quantitative estimate of drug-likeness (QED) is 0.778. The summed E-state index contributed by atoms with van der Waals surface area (Å²) < 4.78 is 5.13. The van der Waals surface area contributed by atoms with Gasteiger partial charge in [0.2, 0.25) is 5.91 Å². The van der Waals surface area contributed by atoms with E-state index in [1.807, 2.05) is 31.2 Å². The van der Waals surface area contributed by atoms with Crippen LogP contribution >= 0.6 is 0 Å². The first-order valence-electron chi connectivity index (χ1n) is 6.25. The van der Waals surface area contributed by atoms with Crippen molar-refractivity contribution in [3.8, 4) is 5.75 Å². The Labute approximate surface area is 109 Å². The van der Waals surface area contributed by atoms with Gasteiger partial charge in [-0.15, -0.1) is 0 Å². The smallest absolute Gasteiger partial charge is 0.218 e. The van der Waals surface area contributed by atoms with Crippen LogP contribution in [0.4, 0.5) is 0 Å². The molecule has 3 N–H and O–H groups in total. The molecule has 0 heterocycles. The number of carbonyl (C=O) groups is 1. The van der Waals surface area contributed by atoms with Gasteiger partial charge in [-0.05, 0) is 31.0 Å². The predicted octanol–water partition coefficient (Wildman–Crippen LogP) is 2.00. The predicted molar refractivity (Wildman–Crippen MR) is 72.4 cm³/mol. The zero-order valence-electron chi connectivity index (χ0n) is 11.3. The minimum atomic E-state index is -0.278. The number of hydrogen-bond acceptors (Lipinski definition) is 3. The Morgan fingerprint density at radius 2 is 2.00 bits per heavy atom. The van der Waals surface area contributed by atoms with Crippen LogP contribution < -0.4 is 15.8 Å². The van der Waals surface area contributed by atoms with Crippen LogP contribution in [0.3, 0.4) is 0 Å². The molecular formula is C14H22N2O2. The number of primary amides is 1. The average molecular weight is 250 g/mol. The zero-order chi connectivity index (χ0) is 13.5. The number of nitrogens with two attached hydrogens (primary N) is 1. The number of rotatable bonds is 7. The summed E-state index contributed by atoms with van der Waals surface area (Å²) in [4.78, 5) is 10.9. The first-order valence-corrected chi connectivity index (χ1v) is 6.25. The fourth-order valence-electron chi connectivity index (χ4n) is 1.99. The lowest BCUT2D eigenvalue weighted by Gasteiger charge is -2.22. The van der Waals surface area contributed by atoms with Gasteiger partial charge in [-0.1, -0.05) is 19.1 Å². The molecule has 1 amide bonds. The number of carbonyl (C=O) groups excluding carboxylic acids is 1. The van der Waals surface area contributed by atoms with E-state index < -0.39 is 0 Å². The molecule has 0 saturated heterocycles. The van der Waals surface area contributed by atoms with Crippen LogP contribution in [-0.4, -0.2) is 19.1 Å². The minimum absolute atomic E-state index is 0.0783. The van der Waals surface area contributed by atoms with Gasteiger partial charge >= 0.3 is 0 Å². The van der Waals surface area contributed by atoms with Crippen molar-refractivity contribution in [1.82, 2.24) is 5.32 Å². The normalized spacial score (nSPS) is 13.9. The number of benzene rings is 1. The first-order chi connectivity index (χ1) is 8.56. The highest BCUT2D eigenvalue weighted by atomic mass is 16.5. The lowest BCUT2D eigenvalue weighted by Crippen LogP contribution is -2.33. The molecule has 0 radical (unpaired) electrons. The standard InChI is InChI=1S/C14H22N2O2/c1-4-13(16-10(2)9-14(15)17)11-5-7-12(18-3)8-6-11/h5-8,10,13,16H,4,9H2,1-3H3,(H2,15,17). The zero-order valence-corrected chi connectivity index (χ0v) is 11.3. The number of ether oxygens (including phenoxy) is 1. The molecule has 4 heteroatoms. The van der Waals surface area contributed by atoms with Crippen molar-refractivity contribution in [1.29, 1.82) is 0 Å². The van der Waals surface area contributed by atoms with Crippen molar-refractivity contribution in [3.05, 3.63) is 29.8 Å². The summed E-state index contributed by atoms with van der Waals surface area (Å²) >= 11 is 0. The fraction of sp³-hybridized carbons (Fsp3) is 0.500. The monoisotopic (exact) mass is 250 g/mol. The van der Waals surface area contributed by atoms with Gasteiger partial charge in [-0.25, -0.2) is 0 Å². The molecule has 4 nitrogen and oxygen atoms in total. The van der Waals surface area contributed by atoms with Gasteiger partial charge in [-0.3, -0.25) is 4.79 Å². The van der Waals surface area contributed by atoms with Gasteiger partial charge in [0.25, 0.3) is 0 Å². The topological polar surface area (TPSA) is 64.3 Å². The van der Waals surface area contributed by atoms with Gasteiger partial charge in [0.1, 0.15) is 5.75 Å². The molecule has 0 aliphatic carbocycles. The Morgan fingerprint density at radius 1 is 1.39 bits per heavy atom. The number of hydrogen-bond donors (Lipinski definition) is 2. The average Bonchev–Trinajstić information content (AvgIpc) is 2.35. The summed E-state index contributed by atoms with van der Waals surface area (Å²) in [5.41, 5.74) is 6.38. The van der Waals surface area contributed by atoms with Crippen molar-refractivity contribution in [2.45, 2.75) is 38.8 Å². The maximum absolute atomic E-state index is 10.9. The summed E-state index contributed by atoms with van der Waals surface area (Å²) in [6.45, 7) is 4.08. The molecule has 0 aromatic heterocycles. The van der Waals surface area contributed by atoms with Gasteiger partial charge < -0.3 is 15.8 Å². The summed E-state index contributed by atoms with van der Waals surface area (Å²) in [5, 5.41) is 3.41. The first kappa shape index (κ1) is 14.5. The molecule has 2 atom stereocenters. The molecule has 0 aliphatic heterocycles. The van der Waals surface area contributed by atoms with Gasteiger partial charge in [-0.2, -0.15) is 0 Å². The lowest BCUT2D eigenvalue weighted by molar-refractivity contribution is -0.118. The maximum Gasteiger partial charge on any atom is 0.218 e. The molecule has 0 aliphatic rings. The molecule has 0 fully saturated rings. The number of methoxy groups -OCH3 is 1. The van der Waals surface area contributed by atoms with E-state index in [1.165, 1.54) is 5.56 Å². The Balaban J connectivity index is 2.66. The summed E-state index contributed by atoms with van der Waals surface area (Å²) in [7, 11) is 1.65. The van der Waals surface area contributed by atoms with Gasteiger partial charge in [0.15, 0.2) is 0 Å². The summed E-state index contributed by atoms with van der Waals surface area (Å²) in [6, 6.07) is 8.27. The Hall–Kier alpha value is -1.55. The van der Waals surface area contributed by atoms with Crippen LogP contribution in [0.2, 0.25) is 0 Å². The molecule has 2 unspecified atom stereocenters. The molecule has 0 bridgehead atoms. The molecular weight excluding hydrogens is 228 g/mol. The van der Waals surface area contributed by atoms with E-state index in [1.54, 1.807) is 7.11 Å². The second-order valence-corrected chi connectivity index (χ2v) is 4.47. The van der Waals surface area contributed by atoms with Crippen LogP contribution in [-0.2, 0) is 4.79 Å². The highest BCUT2D eigenvalue weighted by Crippen LogP contribution is 2.20. The van der Waals surface area contributed by atoms with E-state index in [0.29, 0.717) is 6.42 Å². The van der Waals surface area contributed by atoms with E-state index in [4.69, 9.17) is 10.5 Å². The number of amides is 1. The Morgan fingerprint density at radius 3 is 2.44 bits per heavy atom. The second kappa shape index (κ2) is 7.01. The van der Waals surface area contributed by atoms with Crippen molar-refractivity contribution < 1.29 is 9.53 Å². The third-order valence-corrected chi connectivity index (χ3v) is 2.92. The van der Waals surface area contributed by atoms with Crippen LogP contribution in [0.15, 0.2) is 24.3 Å². The number of nitrogens with one attached hydrogen (secondary N) is 1.